The van der Waals surface area contributed by atoms with Crippen molar-refractivity contribution in [3.63, 3.8) is 0 Å². The number of ether oxygens (including phenoxy) is 1. The zero-order chi connectivity index (χ0) is 18.4. The highest BCUT2D eigenvalue weighted by Crippen LogP contribution is 2.28. The minimum absolute atomic E-state index is 0.00289. The molecule has 0 fully saturated rings. The predicted molar refractivity (Wildman–Crippen MR) is 99.5 cm³/mol. The third-order valence-electron chi connectivity index (χ3n) is 3.71. The average molecular weight is 340 g/mol. The minimum Gasteiger partial charge on any atom is -0.504 e. The van der Waals surface area contributed by atoms with Gasteiger partial charge in [-0.1, -0.05) is 39.0 Å². The fraction of sp³-hybridized carbons (Fsp3) is 0.300. The first-order chi connectivity index (χ1) is 11.8. The molecule has 0 saturated carbocycles. The summed E-state index contributed by atoms with van der Waals surface area (Å²) in [6.45, 7) is 8.65. The molecule has 25 heavy (non-hydrogen) atoms. The van der Waals surface area contributed by atoms with Crippen LogP contribution in [0.5, 0.6) is 11.5 Å². The molecule has 0 radical (unpaired) electrons. The van der Waals surface area contributed by atoms with Crippen LogP contribution in [-0.2, 0) is 5.41 Å². The average Bonchev–Trinajstić information content (AvgIpc) is 2.57. The molecule has 0 aromatic heterocycles. The van der Waals surface area contributed by atoms with Crippen molar-refractivity contribution in [1.29, 1.82) is 0 Å². The molecule has 1 amide bonds. The number of amides is 1. The van der Waals surface area contributed by atoms with Crippen LogP contribution in [0.4, 0.5) is 0 Å². The molecule has 132 valence electrons. The number of phenols is 1. The monoisotopic (exact) mass is 340 g/mol. The summed E-state index contributed by atoms with van der Waals surface area (Å²) in [6.07, 6.45) is 1.39. The summed E-state index contributed by atoms with van der Waals surface area (Å²) in [7, 11) is 0. The SMILES string of the molecule is CCOc1cccc(C=NNC(=O)c2ccc(C(C)(C)C)cc2)c1O. The van der Waals surface area contributed by atoms with E-state index in [-0.39, 0.29) is 17.1 Å². The maximum absolute atomic E-state index is 12.1. The normalized spacial score (nSPS) is 11.5. The van der Waals surface area contributed by atoms with Gasteiger partial charge in [-0.25, -0.2) is 5.43 Å². The Balaban J connectivity index is 2.05. The number of phenolic OH excluding ortho intramolecular Hbond substituents is 1. The Morgan fingerprint density at radius 1 is 1.20 bits per heavy atom. The van der Waals surface area contributed by atoms with Crippen molar-refractivity contribution in [3.8, 4) is 11.5 Å². The Bertz CT molecular complexity index is 760. The van der Waals surface area contributed by atoms with E-state index in [1.54, 1.807) is 30.3 Å². The van der Waals surface area contributed by atoms with E-state index in [0.717, 1.165) is 5.56 Å². The fourth-order valence-electron chi connectivity index (χ4n) is 2.26. The van der Waals surface area contributed by atoms with Crippen molar-refractivity contribution in [2.45, 2.75) is 33.1 Å². The van der Waals surface area contributed by atoms with Gasteiger partial charge in [0.25, 0.3) is 5.91 Å². The zero-order valence-corrected chi connectivity index (χ0v) is 15.0. The van der Waals surface area contributed by atoms with Gasteiger partial charge in [0, 0.05) is 11.1 Å². The lowest BCUT2D eigenvalue weighted by atomic mass is 9.87. The molecule has 2 rings (SSSR count). The molecule has 0 spiro atoms. The number of aromatic hydroxyl groups is 1. The molecule has 0 aliphatic heterocycles. The summed E-state index contributed by atoms with van der Waals surface area (Å²) in [5.41, 5.74) is 4.65. The van der Waals surface area contributed by atoms with E-state index in [4.69, 9.17) is 4.74 Å². The Morgan fingerprint density at radius 3 is 2.48 bits per heavy atom. The first kappa shape index (κ1) is 18.5. The number of hydrogen-bond acceptors (Lipinski definition) is 4. The third-order valence-corrected chi connectivity index (χ3v) is 3.71. The van der Waals surface area contributed by atoms with Gasteiger partial charge in [-0.15, -0.1) is 0 Å². The summed E-state index contributed by atoms with van der Waals surface area (Å²) in [4.78, 5) is 12.1. The van der Waals surface area contributed by atoms with Crippen LogP contribution in [0.1, 0.15) is 49.2 Å². The van der Waals surface area contributed by atoms with E-state index < -0.39 is 0 Å². The van der Waals surface area contributed by atoms with Crippen molar-refractivity contribution < 1.29 is 14.6 Å². The predicted octanol–water partition coefficient (Wildman–Crippen LogP) is 3.85. The molecule has 0 atom stereocenters. The number of nitrogens with zero attached hydrogens (tertiary/aromatic N) is 1. The molecule has 0 unspecified atom stereocenters. The van der Waals surface area contributed by atoms with Gasteiger partial charge in [0.1, 0.15) is 0 Å². The quantitative estimate of drug-likeness (QED) is 0.641. The van der Waals surface area contributed by atoms with Gasteiger partial charge >= 0.3 is 0 Å². The maximum Gasteiger partial charge on any atom is 0.271 e. The molecule has 2 aromatic rings. The number of carbonyl (C=O) groups is 1. The van der Waals surface area contributed by atoms with E-state index >= 15 is 0 Å². The van der Waals surface area contributed by atoms with Gasteiger partial charge < -0.3 is 9.84 Å². The molecular weight excluding hydrogens is 316 g/mol. The molecule has 0 aliphatic carbocycles. The Kier molecular flexibility index (Phi) is 5.80. The van der Waals surface area contributed by atoms with Crippen molar-refractivity contribution in [2.75, 3.05) is 6.61 Å². The Hall–Kier alpha value is -2.82. The molecule has 0 saturated heterocycles. The van der Waals surface area contributed by atoms with E-state index in [9.17, 15) is 9.90 Å². The van der Waals surface area contributed by atoms with Crippen molar-refractivity contribution in [3.05, 3.63) is 59.2 Å². The van der Waals surface area contributed by atoms with Crippen LogP contribution in [0, 0.1) is 0 Å². The molecule has 0 heterocycles. The summed E-state index contributed by atoms with van der Waals surface area (Å²) in [5.74, 6) is 0.0737. The number of hydrogen-bond donors (Lipinski definition) is 2. The maximum atomic E-state index is 12.1. The van der Waals surface area contributed by atoms with Gasteiger partial charge in [-0.2, -0.15) is 5.10 Å². The van der Waals surface area contributed by atoms with Crippen molar-refractivity contribution in [1.82, 2.24) is 5.43 Å². The van der Waals surface area contributed by atoms with Gasteiger partial charge in [0.05, 0.1) is 12.8 Å². The molecule has 2 N–H and O–H groups in total. The molecule has 0 bridgehead atoms. The second kappa shape index (κ2) is 7.83. The van der Waals surface area contributed by atoms with Crippen LogP contribution in [0.3, 0.4) is 0 Å². The number of hydrazone groups is 1. The van der Waals surface area contributed by atoms with Crippen LogP contribution in [0.25, 0.3) is 0 Å². The largest absolute Gasteiger partial charge is 0.504 e. The summed E-state index contributed by atoms with van der Waals surface area (Å²) in [6, 6.07) is 12.5. The second-order valence-corrected chi connectivity index (χ2v) is 6.65. The number of carbonyl (C=O) groups excluding carboxylic acids is 1. The molecule has 2 aromatic carbocycles. The molecule has 0 aliphatic rings. The topological polar surface area (TPSA) is 70.9 Å². The Labute approximate surface area is 148 Å². The van der Waals surface area contributed by atoms with Crippen LogP contribution in [0.2, 0.25) is 0 Å². The highest BCUT2D eigenvalue weighted by atomic mass is 16.5. The fourth-order valence-corrected chi connectivity index (χ4v) is 2.26. The molecular formula is C20H24N2O3. The smallest absolute Gasteiger partial charge is 0.271 e. The third kappa shape index (κ3) is 4.83. The van der Waals surface area contributed by atoms with E-state index in [0.29, 0.717) is 23.5 Å². The minimum atomic E-state index is -0.308. The van der Waals surface area contributed by atoms with Crippen LogP contribution >= 0.6 is 0 Å². The number of para-hydroxylation sites is 1. The summed E-state index contributed by atoms with van der Waals surface area (Å²) in [5, 5.41) is 14.0. The number of rotatable bonds is 5. The number of nitrogens with one attached hydrogen (secondary N) is 1. The summed E-state index contributed by atoms with van der Waals surface area (Å²) >= 11 is 0. The van der Waals surface area contributed by atoms with Gasteiger partial charge in [0.2, 0.25) is 0 Å². The molecule has 5 heteroatoms. The van der Waals surface area contributed by atoms with Crippen LogP contribution < -0.4 is 10.2 Å². The first-order valence-electron chi connectivity index (χ1n) is 8.21. The lowest BCUT2D eigenvalue weighted by molar-refractivity contribution is 0.0955. The van der Waals surface area contributed by atoms with Crippen molar-refractivity contribution in [2.24, 2.45) is 5.10 Å². The Morgan fingerprint density at radius 2 is 1.88 bits per heavy atom. The molecule has 5 nitrogen and oxygen atoms in total. The van der Waals surface area contributed by atoms with Crippen molar-refractivity contribution >= 4 is 12.1 Å². The van der Waals surface area contributed by atoms with E-state index in [2.05, 4.69) is 31.3 Å². The van der Waals surface area contributed by atoms with Crippen LogP contribution in [-0.4, -0.2) is 23.8 Å². The van der Waals surface area contributed by atoms with Gasteiger partial charge in [-0.05, 0) is 42.2 Å². The number of benzene rings is 2. The zero-order valence-electron chi connectivity index (χ0n) is 15.0. The van der Waals surface area contributed by atoms with Gasteiger partial charge in [-0.3, -0.25) is 4.79 Å². The highest BCUT2D eigenvalue weighted by Gasteiger charge is 2.14. The van der Waals surface area contributed by atoms with Gasteiger partial charge in [0.15, 0.2) is 11.5 Å². The standard InChI is InChI=1S/C20H24N2O3/c1-5-25-17-8-6-7-15(18(17)23)13-21-22-19(24)14-9-11-16(12-10-14)20(2,3)4/h6-13,23H,5H2,1-4H3,(H,22,24). The first-order valence-corrected chi connectivity index (χ1v) is 8.21. The highest BCUT2D eigenvalue weighted by molar-refractivity contribution is 5.95. The summed E-state index contributed by atoms with van der Waals surface area (Å²) < 4.78 is 5.31. The second-order valence-electron chi connectivity index (χ2n) is 6.65. The lowest BCUT2D eigenvalue weighted by Crippen LogP contribution is -2.18. The van der Waals surface area contributed by atoms with E-state index in [1.807, 2.05) is 19.1 Å². The van der Waals surface area contributed by atoms with E-state index in [1.165, 1.54) is 6.21 Å². The van der Waals surface area contributed by atoms with Crippen LogP contribution in [0.15, 0.2) is 47.6 Å². The lowest BCUT2D eigenvalue weighted by Gasteiger charge is -2.18.